The lowest BCUT2D eigenvalue weighted by molar-refractivity contribution is -0.141. The monoisotopic (exact) mass is 517 g/mol. The highest BCUT2D eigenvalue weighted by atomic mass is 35.5. The van der Waals surface area contributed by atoms with Gasteiger partial charge in [0.1, 0.15) is 0 Å². The predicted molar refractivity (Wildman–Crippen MR) is 141 cm³/mol. The smallest absolute Gasteiger partial charge is 0.306 e. The number of benzene rings is 2. The fraction of sp³-hybridized carbons (Fsp3) is 0.379. The maximum absolute atomic E-state index is 14.0. The van der Waals surface area contributed by atoms with E-state index >= 15 is 0 Å². The van der Waals surface area contributed by atoms with Crippen molar-refractivity contribution in [3.63, 3.8) is 0 Å². The summed E-state index contributed by atoms with van der Waals surface area (Å²) in [5.74, 6) is -0.773. The molecule has 8 heteroatoms. The zero-order valence-electron chi connectivity index (χ0n) is 20.6. The molecule has 6 rings (SSSR count). The molecule has 1 N–H and O–H groups in total. The molecule has 2 heterocycles. The minimum atomic E-state index is -0.796. The van der Waals surface area contributed by atoms with Gasteiger partial charge in [-0.3, -0.25) is 14.4 Å². The molecule has 1 aliphatic heterocycles. The van der Waals surface area contributed by atoms with Crippen molar-refractivity contribution in [2.24, 2.45) is 11.8 Å². The van der Waals surface area contributed by atoms with Crippen LogP contribution < -0.4 is 0 Å². The first-order valence-electron chi connectivity index (χ1n) is 12.9. The number of hydrogen-bond donors (Lipinski definition) is 1. The predicted octanol–water partition coefficient (Wildman–Crippen LogP) is 5.62. The van der Waals surface area contributed by atoms with Crippen LogP contribution in [-0.4, -0.2) is 50.7 Å². The number of rotatable bonds is 5. The topological polar surface area (TPSA) is 92.5 Å². The molecule has 2 fully saturated rings. The molecular formula is C29H28ClN3O4. The molecule has 0 unspecified atom stereocenters. The molecule has 1 aromatic heterocycles. The van der Waals surface area contributed by atoms with Gasteiger partial charge in [0.25, 0.3) is 11.8 Å². The quantitative estimate of drug-likeness (QED) is 0.474. The Labute approximate surface area is 219 Å². The zero-order chi connectivity index (χ0) is 25.8. The van der Waals surface area contributed by atoms with Crippen molar-refractivity contribution in [3.8, 4) is 0 Å². The van der Waals surface area contributed by atoms with E-state index in [1.54, 1.807) is 18.2 Å². The maximum atomic E-state index is 14.0. The van der Waals surface area contributed by atoms with Gasteiger partial charge in [0.05, 0.1) is 27.7 Å². The number of aromatic nitrogens is 2. The molecule has 2 aliphatic carbocycles. The Morgan fingerprint density at radius 3 is 2.49 bits per heavy atom. The van der Waals surface area contributed by atoms with Gasteiger partial charge in [0, 0.05) is 24.0 Å². The third kappa shape index (κ3) is 4.25. The lowest BCUT2D eigenvalue weighted by atomic mass is 9.87. The summed E-state index contributed by atoms with van der Waals surface area (Å²) in [7, 11) is 0. The van der Waals surface area contributed by atoms with E-state index in [0.717, 1.165) is 42.5 Å². The Kier molecular flexibility index (Phi) is 5.91. The summed E-state index contributed by atoms with van der Waals surface area (Å²) in [6, 6.07) is 11.0. The molecular weight excluding hydrogens is 490 g/mol. The number of nitrogens with zero attached hydrogens (tertiary/aromatic N) is 3. The number of amides is 1. The number of carboxylic acids is 1. The molecule has 1 amide bonds. The highest BCUT2D eigenvalue weighted by molar-refractivity contribution is 6.34. The summed E-state index contributed by atoms with van der Waals surface area (Å²) in [6.07, 6.45) is 5.47. The van der Waals surface area contributed by atoms with Crippen molar-refractivity contribution in [1.82, 2.24) is 14.7 Å². The fourth-order valence-electron chi connectivity index (χ4n) is 5.57. The molecule has 3 aliphatic rings. The molecule has 7 nitrogen and oxygen atoms in total. The van der Waals surface area contributed by atoms with Crippen molar-refractivity contribution in [3.05, 3.63) is 69.9 Å². The van der Waals surface area contributed by atoms with Gasteiger partial charge in [0.2, 0.25) is 0 Å². The van der Waals surface area contributed by atoms with Crippen LogP contribution in [0.25, 0.3) is 16.5 Å². The first-order chi connectivity index (χ1) is 17.8. The molecule has 0 bridgehead atoms. The first-order valence-corrected chi connectivity index (χ1v) is 13.3. The molecule has 190 valence electrons. The van der Waals surface area contributed by atoms with Gasteiger partial charge in [-0.15, -0.1) is 0 Å². The Balaban J connectivity index is 1.47. The third-order valence-corrected chi connectivity index (χ3v) is 8.13. The minimum Gasteiger partial charge on any atom is -0.481 e. The van der Waals surface area contributed by atoms with Crippen LogP contribution in [-0.2, 0) is 4.79 Å². The summed E-state index contributed by atoms with van der Waals surface area (Å²) < 4.78 is 1.39. The summed E-state index contributed by atoms with van der Waals surface area (Å²) in [5.41, 5.74) is 4.05. The number of likely N-dealkylation sites (tertiary alicyclic amines) is 1. The largest absolute Gasteiger partial charge is 0.481 e. The maximum Gasteiger partial charge on any atom is 0.306 e. The molecule has 0 radical (unpaired) electrons. The van der Waals surface area contributed by atoms with E-state index in [0.29, 0.717) is 58.5 Å². The van der Waals surface area contributed by atoms with Crippen LogP contribution in [0.4, 0.5) is 0 Å². The summed E-state index contributed by atoms with van der Waals surface area (Å²) in [6.45, 7) is 3.56. The fourth-order valence-corrected chi connectivity index (χ4v) is 5.83. The highest BCUT2D eigenvalue weighted by Crippen LogP contribution is 2.43. The number of hydrogen-bond acceptors (Lipinski definition) is 4. The van der Waals surface area contributed by atoms with Crippen molar-refractivity contribution in [1.29, 1.82) is 0 Å². The Morgan fingerprint density at radius 2 is 1.84 bits per heavy atom. The van der Waals surface area contributed by atoms with Gasteiger partial charge in [0.15, 0.2) is 0 Å². The molecule has 1 atom stereocenters. The van der Waals surface area contributed by atoms with Crippen LogP contribution in [0.5, 0.6) is 0 Å². The summed E-state index contributed by atoms with van der Waals surface area (Å²) >= 11 is 6.57. The average molecular weight is 518 g/mol. The standard InChI is InChI=1S/C29H28ClN3O4/c1-16-14-32(15-16)27(34)20-11-12-22-24(13-20)33(31-26(22)18-7-9-19(10-8-18)29(36)37)28(35)25-21(17-5-6-17)3-2-4-23(25)30/h2-4,7,11-13,16-17,19H,5-6,8-10,14-15H2,1H3,(H,36,37)/t19-/m0/s1. The summed E-state index contributed by atoms with van der Waals surface area (Å²) in [4.78, 5) is 40.4. The SMILES string of the molecule is CC1CN(C(=O)c2ccc3c(C4=CC[C@H](C(=O)O)CC4)nn(C(=O)c4c(Cl)cccc4C4CC4)c3c2)C1. The van der Waals surface area contributed by atoms with Gasteiger partial charge in [-0.1, -0.05) is 36.7 Å². The normalized spacial score (nSPS) is 20.0. The van der Waals surface area contributed by atoms with Crippen LogP contribution >= 0.6 is 11.6 Å². The second-order valence-electron chi connectivity index (χ2n) is 10.6. The third-order valence-electron chi connectivity index (χ3n) is 7.81. The molecule has 37 heavy (non-hydrogen) atoms. The van der Waals surface area contributed by atoms with E-state index in [1.165, 1.54) is 4.68 Å². The number of allylic oxidation sites excluding steroid dienone is 2. The van der Waals surface area contributed by atoms with E-state index in [1.807, 2.05) is 29.2 Å². The Bertz CT molecular complexity index is 1480. The number of carbonyl (C=O) groups excluding carboxylic acids is 2. The van der Waals surface area contributed by atoms with Crippen LogP contribution in [0.15, 0.2) is 42.5 Å². The van der Waals surface area contributed by atoms with E-state index in [9.17, 15) is 19.5 Å². The van der Waals surface area contributed by atoms with Crippen molar-refractivity contribution >= 4 is 45.9 Å². The van der Waals surface area contributed by atoms with Gasteiger partial charge in [-0.05, 0) is 79.3 Å². The number of carbonyl (C=O) groups is 3. The number of fused-ring (bicyclic) bond motifs is 1. The Hall–Kier alpha value is -3.45. The van der Waals surface area contributed by atoms with Crippen molar-refractivity contribution in [2.45, 2.75) is 44.9 Å². The van der Waals surface area contributed by atoms with Crippen LogP contribution in [0, 0.1) is 11.8 Å². The molecule has 0 spiro atoms. The first kappa shape index (κ1) is 23.9. The van der Waals surface area contributed by atoms with Gasteiger partial charge < -0.3 is 10.0 Å². The van der Waals surface area contributed by atoms with E-state index in [2.05, 4.69) is 6.92 Å². The van der Waals surface area contributed by atoms with Crippen LogP contribution in [0.1, 0.15) is 76.9 Å². The van der Waals surface area contributed by atoms with E-state index in [4.69, 9.17) is 16.7 Å². The number of aliphatic carboxylic acids is 1. The number of carboxylic acid groups (broad SMARTS) is 1. The lowest BCUT2D eigenvalue weighted by Crippen LogP contribution is -2.48. The van der Waals surface area contributed by atoms with Crippen LogP contribution in [0.3, 0.4) is 0 Å². The van der Waals surface area contributed by atoms with Crippen molar-refractivity contribution < 1.29 is 19.5 Å². The summed E-state index contributed by atoms with van der Waals surface area (Å²) in [5, 5.41) is 15.3. The molecule has 3 aromatic rings. The number of halogens is 1. The minimum absolute atomic E-state index is 0.0562. The van der Waals surface area contributed by atoms with Gasteiger partial charge in [-0.25, -0.2) is 0 Å². The molecule has 1 saturated carbocycles. The molecule has 1 saturated heterocycles. The van der Waals surface area contributed by atoms with Crippen LogP contribution in [0.2, 0.25) is 5.02 Å². The molecule has 2 aromatic carbocycles. The average Bonchev–Trinajstić information content (AvgIpc) is 3.66. The van der Waals surface area contributed by atoms with Crippen molar-refractivity contribution in [2.75, 3.05) is 13.1 Å². The second kappa shape index (κ2) is 9.14. The van der Waals surface area contributed by atoms with E-state index < -0.39 is 11.9 Å². The Morgan fingerprint density at radius 1 is 1.05 bits per heavy atom. The second-order valence-corrected chi connectivity index (χ2v) is 11.0. The van der Waals surface area contributed by atoms with E-state index in [-0.39, 0.29) is 11.8 Å². The van der Waals surface area contributed by atoms with Gasteiger partial charge in [-0.2, -0.15) is 9.78 Å². The van der Waals surface area contributed by atoms with Gasteiger partial charge >= 0.3 is 5.97 Å². The zero-order valence-corrected chi connectivity index (χ0v) is 21.4. The lowest BCUT2D eigenvalue weighted by Gasteiger charge is -2.37. The highest BCUT2D eigenvalue weighted by Gasteiger charge is 2.33.